The molecule has 22 heavy (non-hydrogen) atoms. The Morgan fingerprint density at radius 2 is 1.45 bits per heavy atom. The van der Waals surface area contributed by atoms with Crippen LogP contribution in [0.1, 0.15) is 47.6 Å². The maximum atomic E-state index is 12.6. The fourth-order valence-corrected chi connectivity index (χ4v) is 3.28. The van der Waals surface area contributed by atoms with Gasteiger partial charge in [0.15, 0.2) is 5.78 Å². The van der Waals surface area contributed by atoms with E-state index in [4.69, 9.17) is 0 Å². The molecule has 114 valence electrons. The molecular formula is C20H23NO. The van der Waals surface area contributed by atoms with E-state index in [2.05, 4.69) is 29.2 Å². The number of carbonyl (C=O) groups is 1. The number of benzene rings is 2. The fraction of sp³-hybridized carbons (Fsp3) is 0.350. The third kappa shape index (κ3) is 3.63. The third-order valence-corrected chi connectivity index (χ3v) is 4.49. The van der Waals surface area contributed by atoms with Gasteiger partial charge in [-0.1, -0.05) is 67.1 Å². The molecule has 2 heteroatoms. The SMILES string of the molecule is O=C(CC(c1ccccc1)N1CCCCC1)c1ccccc1. The number of carbonyl (C=O) groups excluding carboxylic acids is 1. The summed E-state index contributed by atoms with van der Waals surface area (Å²) < 4.78 is 0. The molecule has 3 rings (SSSR count). The molecule has 0 radical (unpaired) electrons. The molecule has 1 aliphatic heterocycles. The minimum absolute atomic E-state index is 0.203. The van der Waals surface area contributed by atoms with Crippen LogP contribution < -0.4 is 0 Å². The minimum atomic E-state index is 0.203. The quantitative estimate of drug-likeness (QED) is 0.757. The van der Waals surface area contributed by atoms with E-state index in [0.29, 0.717) is 6.42 Å². The summed E-state index contributed by atoms with van der Waals surface area (Å²) >= 11 is 0. The maximum absolute atomic E-state index is 12.6. The lowest BCUT2D eigenvalue weighted by Gasteiger charge is -2.34. The van der Waals surface area contributed by atoms with E-state index in [1.165, 1.54) is 24.8 Å². The van der Waals surface area contributed by atoms with E-state index in [-0.39, 0.29) is 11.8 Å². The van der Waals surface area contributed by atoms with Crippen molar-refractivity contribution >= 4 is 5.78 Å². The summed E-state index contributed by atoms with van der Waals surface area (Å²) in [6.45, 7) is 2.20. The highest BCUT2D eigenvalue weighted by Crippen LogP contribution is 2.28. The fourth-order valence-electron chi connectivity index (χ4n) is 3.28. The second-order valence-corrected chi connectivity index (χ2v) is 6.02. The monoisotopic (exact) mass is 293 g/mol. The topological polar surface area (TPSA) is 20.3 Å². The number of piperidine rings is 1. The molecule has 0 aliphatic carbocycles. The summed E-state index contributed by atoms with van der Waals surface area (Å²) in [6.07, 6.45) is 4.35. The number of Topliss-reactive ketones (excluding diaryl/α,β-unsaturated/α-hetero) is 1. The van der Waals surface area contributed by atoms with Crippen molar-refractivity contribution in [2.45, 2.75) is 31.7 Å². The predicted molar refractivity (Wildman–Crippen MR) is 90.0 cm³/mol. The van der Waals surface area contributed by atoms with Gasteiger partial charge in [-0.05, 0) is 31.5 Å². The van der Waals surface area contributed by atoms with Crippen LogP contribution in [0.4, 0.5) is 0 Å². The molecule has 0 bridgehead atoms. The minimum Gasteiger partial charge on any atom is -0.296 e. The van der Waals surface area contributed by atoms with Crippen LogP contribution in [0.15, 0.2) is 60.7 Å². The zero-order chi connectivity index (χ0) is 15.2. The maximum Gasteiger partial charge on any atom is 0.164 e. The molecule has 0 N–H and O–H groups in total. The van der Waals surface area contributed by atoms with E-state index >= 15 is 0 Å². The predicted octanol–water partition coefficient (Wildman–Crippen LogP) is 4.49. The molecule has 2 aromatic rings. The summed E-state index contributed by atoms with van der Waals surface area (Å²) in [5, 5.41) is 0. The molecule has 0 saturated carbocycles. The van der Waals surface area contributed by atoms with Crippen molar-refractivity contribution in [3.05, 3.63) is 71.8 Å². The van der Waals surface area contributed by atoms with E-state index in [1.807, 2.05) is 36.4 Å². The van der Waals surface area contributed by atoms with Crippen molar-refractivity contribution < 1.29 is 4.79 Å². The number of ketones is 1. The van der Waals surface area contributed by atoms with Gasteiger partial charge in [0, 0.05) is 18.0 Å². The Morgan fingerprint density at radius 1 is 0.864 bits per heavy atom. The first-order chi connectivity index (χ1) is 10.8. The van der Waals surface area contributed by atoms with Gasteiger partial charge < -0.3 is 0 Å². The molecule has 1 aliphatic rings. The van der Waals surface area contributed by atoms with Crippen LogP contribution in [-0.4, -0.2) is 23.8 Å². The largest absolute Gasteiger partial charge is 0.296 e. The summed E-state index contributed by atoms with van der Waals surface area (Å²) in [5.41, 5.74) is 2.08. The molecule has 0 aromatic heterocycles. The molecule has 2 nitrogen and oxygen atoms in total. The first kappa shape index (κ1) is 15.0. The van der Waals surface area contributed by atoms with Crippen molar-refractivity contribution in [2.24, 2.45) is 0 Å². The number of nitrogens with zero attached hydrogens (tertiary/aromatic N) is 1. The second-order valence-electron chi connectivity index (χ2n) is 6.02. The van der Waals surface area contributed by atoms with Gasteiger partial charge in [0.05, 0.1) is 0 Å². The van der Waals surface area contributed by atoms with Crippen LogP contribution in [0.3, 0.4) is 0 Å². The normalized spacial score (nSPS) is 17.1. The highest BCUT2D eigenvalue weighted by molar-refractivity contribution is 5.96. The lowest BCUT2D eigenvalue weighted by atomic mass is 9.95. The second kappa shape index (κ2) is 7.37. The van der Waals surface area contributed by atoms with Gasteiger partial charge in [-0.15, -0.1) is 0 Å². The Bertz CT molecular complexity index is 588. The van der Waals surface area contributed by atoms with Crippen LogP contribution in [-0.2, 0) is 0 Å². The van der Waals surface area contributed by atoms with Crippen LogP contribution >= 0.6 is 0 Å². The van der Waals surface area contributed by atoms with E-state index in [9.17, 15) is 4.79 Å². The van der Waals surface area contributed by atoms with Gasteiger partial charge in [-0.2, -0.15) is 0 Å². The Labute approximate surface area is 132 Å². The summed E-state index contributed by atoms with van der Waals surface area (Å²) in [6, 6.07) is 20.3. The van der Waals surface area contributed by atoms with Crippen molar-refractivity contribution in [1.82, 2.24) is 4.90 Å². The summed E-state index contributed by atoms with van der Waals surface area (Å²) in [5.74, 6) is 0.236. The average molecular weight is 293 g/mol. The van der Waals surface area contributed by atoms with Gasteiger partial charge >= 0.3 is 0 Å². The van der Waals surface area contributed by atoms with Crippen molar-refractivity contribution in [1.29, 1.82) is 0 Å². The average Bonchev–Trinajstić information content (AvgIpc) is 2.62. The Morgan fingerprint density at radius 3 is 2.09 bits per heavy atom. The Hall–Kier alpha value is -1.93. The third-order valence-electron chi connectivity index (χ3n) is 4.49. The highest BCUT2D eigenvalue weighted by atomic mass is 16.1. The lowest BCUT2D eigenvalue weighted by molar-refractivity contribution is 0.0895. The first-order valence-corrected chi connectivity index (χ1v) is 8.22. The molecule has 0 spiro atoms. The van der Waals surface area contributed by atoms with Crippen molar-refractivity contribution in [3.8, 4) is 0 Å². The van der Waals surface area contributed by atoms with Gasteiger partial charge in [-0.25, -0.2) is 0 Å². The molecular weight excluding hydrogens is 270 g/mol. The molecule has 1 fully saturated rings. The van der Waals surface area contributed by atoms with Gasteiger partial charge in [-0.3, -0.25) is 9.69 Å². The van der Waals surface area contributed by atoms with Crippen molar-refractivity contribution in [3.63, 3.8) is 0 Å². The summed E-state index contributed by atoms with van der Waals surface area (Å²) in [4.78, 5) is 15.1. The molecule has 1 heterocycles. The lowest BCUT2D eigenvalue weighted by Crippen LogP contribution is -2.35. The van der Waals surface area contributed by atoms with Crippen LogP contribution in [0, 0.1) is 0 Å². The van der Waals surface area contributed by atoms with Crippen LogP contribution in [0.25, 0.3) is 0 Å². The number of likely N-dealkylation sites (tertiary alicyclic amines) is 1. The summed E-state index contributed by atoms with van der Waals surface area (Å²) in [7, 11) is 0. The molecule has 1 saturated heterocycles. The van der Waals surface area contributed by atoms with E-state index < -0.39 is 0 Å². The Kier molecular flexibility index (Phi) is 5.02. The van der Waals surface area contributed by atoms with E-state index in [1.54, 1.807) is 0 Å². The van der Waals surface area contributed by atoms with Gasteiger partial charge in [0.1, 0.15) is 0 Å². The molecule has 1 unspecified atom stereocenters. The molecule has 1 atom stereocenters. The zero-order valence-corrected chi connectivity index (χ0v) is 12.9. The van der Waals surface area contributed by atoms with Gasteiger partial charge in [0.2, 0.25) is 0 Å². The van der Waals surface area contributed by atoms with Crippen LogP contribution in [0.5, 0.6) is 0 Å². The molecule has 0 amide bonds. The Balaban J connectivity index is 1.81. The van der Waals surface area contributed by atoms with Gasteiger partial charge in [0.25, 0.3) is 0 Å². The smallest absolute Gasteiger partial charge is 0.164 e. The number of rotatable bonds is 5. The van der Waals surface area contributed by atoms with E-state index in [0.717, 1.165) is 18.7 Å². The number of hydrogen-bond acceptors (Lipinski definition) is 2. The first-order valence-electron chi connectivity index (χ1n) is 8.22. The van der Waals surface area contributed by atoms with Crippen molar-refractivity contribution in [2.75, 3.05) is 13.1 Å². The molecule has 2 aromatic carbocycles. The standard InChI is InChI=1S/C20H23NO/c22-20(18-12-6-2-7-13-18)16-19(17-10-4-1-5-11-17)21-14-8-3-9-15-21/h1-2,4-7,10-13,19H,3,8-9,14-16H2. The zero-order valence-electron chi connectivity index (χ0n) is 12.9. The van der Waals surface area contributed by atoms with Crippen LogP contribution in [0.2, 0.25) is 0 Å². The highest BCUT2D eigenvalue weighted by Gasteiger charge is 2.24. The number of hydrogen-bond donors (Lipinski definition) is 0.